The van der Waals surface area contributed by atoms with Gasteiger partial charge in [0.15, 0.2) is 0 Å². The Hall–Kier alpha value is -1.40. The maximum atomic E-state index is 10.1. The van der Waals surface area contributed by atoms with E-state index in [9.17, 15) is 5.11 Å². The van der Waals surface area contributed by atoms with Gasteiger partial charge in [-0.3, -0.25) is 0 Å². The number of nitrogens with two attached hydrogens (primary N) is 1. The second-order valence-corrected chi connectivity index (χ2v) is 4.89. The summed E-state index contributed by atoms with van der Waals surface area (Å²) in [5.41, 5.74) is 2.89. The number of hydrogen-bond acceptors (Lipinski definition) is 6. The molecule has 1 aromatic heterocycles. The largest absolute Gasteiger partial charge is 0.388 e. The third kappa shape index (κ3) is 2.54. The Kier molecular flexibility index (Phi) is 3.68. The molecule has 0 amide bonds. The summed E-state index contributed by atoms with van der Waals surface area (Å²) < 4.78 is 0. The molecule has 1 fully saturated rings. The highest BCUT2D eigenvalue weighted by molar-refractivity contribution is 5.56. The van der Waals surface area contributed by atoms with Gasteiger partial charge in [0.2, 0.25) is 0 Å². The van der Waals surface area contributed by atoms with E-state index in [1.54, 1.807) is 0 Å². The van der Waals surface area contributed by atoms with Crippen molar-refractivity contribution < 1.29 is 5.11 Å². The molecule has 1 saturated carbocycles. The maximum Gasteiger partial charge on any atom is 0.148 e. The summed E-state index contributed by atoms with van der Waals surface area (Å²) in [7, 11) is 0. The van der Waals surface area contributed by atoms with Gasteiger partial charge < -0.3 is 15.8 Å². The molecule has 0 bridgehead atoms. The molecule has 0 saturated heterocycles. The summed E-state index contributed by atoms with van der Waals surface area (Å²) >= 11 is 0. The molecule has 5 N–H and O–H groups in total. The summed E-state index contributed by atoms with van der Waals surface area (Å²) in [6, 6.07) is 0. The Bertz CT molecular complexity index is 431. The summed E-state index contributed by atoms with van der Waals surface area (Å²) in [5, 5.41) is 13.3. The Balaban J connectivity index is 2.15. The van der Waals surface area contributed by atoms with E-state index < -0.39 is 5.60 Å². The van der Waals surface area contributed by atoms with Gasteiger partial charge in [-0.15, -0.1) is 0 Å². The van der Waals surface area contributed by atoms with Crippen molar-refractivity contribution in [2.24, 2.45) is 5.84 Å². The molecular weight excluding hydrogens is 230 g/mol. The number of aryl methyl sites for hydroxylation is 1. The standard InChI is InChI=1S/C12H21N5O/c1-3-9-15-10(8(2)11(16-9)17-13)14-7-12(18)5-4-6-12/h18H,3-7,13H2,1-2H3,(H2,14,15,16,17). The molecule has 1 aliphatic carbocycles. The van der Waals surface area contributed by atoms with Crippen LogP contribution in [-0.4, -0.2) is 27.2 Å². The number of nitrogens with zero attached hydrogens (tertiary/aromatic N) is 2. The number of anilines is 2. The van der Waals surface area contributed by atoms with Gasteiger partial charge in [0.05, 0.1) is 5.60 Å². The monoisotopic (exact) mass is 251 g/mol. The topological polar surface area (TPSA) is 96.1 Å². The van der Waals surface area contributed by atoms with Gasteiger partial charge in [-0.05, 0) is 26.2 Å². The first-order valence-corrected chi connectivity index (χ1v) is 6.38. The zero-order chi connectivity index (χ0) is 13.2. The minimum atomic E-state index is -0.569. The Labute approximate surface area is 107 Å². The van der Waals surface area contributed by atoms with Gasteiger partial charge in [0, 0.05) is 18.5 Å². The Morgan fingerprint density at radius 1 is 1.33 bits per heavy atom. The van der Waals surface area contributed by atoms with Crippen LogP contribution in [0.2, 0.25) is 0 Å². The molecular formula is C12H21N5O. The van der Waals surface area contributed by atoms with E-state index in [1.807, 2.05) is 13.8 Å². The van der Waals surface area contributed by atoms with E-state index in [-0.39, 0.29) is 0 Å². The number of hydrogen-bond donors (Lipinski definition) is 4. The van der Waals surface area contributed by atoms with Gasteiger partial charge in [-0.2, -0.15) is 0 Å². The first kappa shape index (κ1) is 13.0. The van der Waals surface area contributed by atoms with E-state index in [2.05, 4.69) is 20.7 Å². The van der Waals surface area contributed by atoms with E-state index in [1.165, 1.54) is 0 Å². The molecule has 1 aliphatic rings. The van der Waals surface area contributed by atoms with Crippen LogP contribution in [0.4, 0.5) is 11.6 Å². The van der Waals surface area contributed by atoms with Gasteiger partial charge >= 0.3 is 0 Å². The van der Waals surface area contributed by atoms with E-state index in [0.29, 0.717) is 12.4 Å². The number of nitrogens with one attached hydrogen (secondary N) is 2. The highest BCUT2D eigenvalue weighted by atomic mass is 16.3. The SMILES string of the molecule is CCc1nc(NN)c(C)c(NCC2(O)CCC2)n1. The molecule has 100 valence electrons. The fraction of sp³-hybridized carbons (Fsp3) is 0.667. The first-order chi connectivity index (χ1) is 8.58. The van der Waals surface area contributed by atoms with Crippen molar-refractivity contribution in [2.45, 2.75) is 45.1 Å². The van der Waals surface area contributed by atoms with Crippen LogP contribution in [0.5, 0.6) is 0 Å². The van der Waals surface area contributed by atoms with Crippen molar-refractivity contribution in [1.82, 2.24) is 9.97 Å². The molecule has 1 aromatic rings. The van der Waals surface area contributed by atoms with Crippen molar-refractivity contribution in [3.63, 3.8) is 0 Å². The molecule has 6 heteroatoms. The predicted octanol–water partition coefficient (Wildman–Crippen LogP) is 0.960. The number of hydrazine groups is 1. The van der Waals surface area contributed by atoms with Gasteiger partial charge in [0.1, 0.15) is 17.5 Å². The smallest absolute Gasteiger partial charge is 0.148 e. The molecule has 0 atom stereocenters. The fourth-order valence-corrected chi connectivity index (χ4v) is 2.04. The number of aromatic nitrogens is 2. The average Bonchev–Trinajstić information content (AvgIpc) is 2.35. The van der Waals surface area contributed by atoms with Gasteiger partial charge in [0.25, 0.3) is 0 Å². The van der Waals surface area contributed by atoms with Crippen LogP contribution in [-0.2, 0) is 6.42 Å². The lowest BCUT2D eigenvalue weighted by molar-refractivity contribution is -0.0202. The molecule has 6 nitrogen and oxygen atoms in total. The van der Waals surface area contributed by atoms with Crippen LogP contribution >= 0.6 is 0 Å². The zero-order valence-corrected chi connectivity index (χ0v) is 11.0. The molecule has 2 rings (SSSR count). The van der Waals surface area contributed by atoms with Crippen molar-refractivity contribution in [3.8, 4) is 0 Å². The number of nitrogen functional groups attached to an aromatic ring is 1. The molecule has 0 radical (unpaired) electrons. The second kappa shape index (κ2) is 5.07. The number of aliphatic hydroxyl groups is 1. The maximum absolute atomic E-state index is 10.1. The van der Waals surface area contributed by atoms with Gasteiger partial charge in [-0.1, -0.05) is 6.92 Å². The minimum absolute atomic E-state index is 0.526. The summed E-state index contributed by atoms with van der Waals surface area (Å²) in [4.78, 5) is 8.73. The molecule has 1 heterocycles. The third-order valence-electron chi connectivity index (χ3n) is 3.51. The van der Waals surface area contributed by atoms with E-state index in [4.69, 9.17) is 5.84 Å². The van der Waals surface area contributed by atoms with E-state index in [0.717, 1.165) is 42.9 Å². The lowest BCUT2D eigenvalue weighted by Crippen LogP contribution is -2.43. The van der Waals surface area contributed by atoms with Crippen molar-refractivity contribution in [1.29, 1.82) is 0 Å². The van der Waals surface area contributed by atoms with Crippen molar-refractivity contribution in [3.05, 3.63) is 11.4 Å². The van der Waals surface area contributed by atoms with Crippen molar-refractivity contribution in [2.75, 3.05) is 17.3 Å². The molecule has 0 aliphatic heterocycles. The fourth-order valence-electron chi connectivity index (χ4n) is 2.04. The van der Waals surface area contributed by atoms with Crippen LogP contribution in [0.25, 0.3) is 0 Å². The Morgan fingerprint density at radius 2 is 2.00 bits per heavy atom. The van der Waals surface area contributed by atoms with Crippen molar-refractivity contribution >= 4 is 11.6 Å². The highest BCUT2D eigenvalue weighted by Crippen LogP contribution is 2.32. The third-order valence-corrected chi connectivity index (χ3v) is 3.51. The lowest BCUT2D eigenvalue weighted by atomic mass is 9.80. The lowest BCUT2D eigenvalue weighted by Gasteiger charge is -2.36. The second-order valence-electron chi connectivity index (χ2n) is 4.89. The zero-order valence-electron chi connectivity index (χ0n) is 11.0. The summed E-state index contributed by atoms with van der Waals surface area (Å²) in [6.07, 6.45) is 3.55. The van der Waals surface area contributed by atoms with Crippen LogP contribution < -0.4 is 16.6 Å². The Morgan fingerprint density at radius 3 is 2.50 bits per heavy atom. The van der Waals surface area contributed by atoms with Gasteiger partial charge in [-0.25, -0.2) is 15.8 Å². The quantitative estimate of drug-likeness (QED) is 0.460. The molecule has 18 heavy (non-hydrogen) atoms. The number of rotatable bonds is 5. The normalized spacial score (nSPS) is 17.1. The molecule has 0 unspecified atom stereocenters. The minimum Gasteiger partial charge on any atom is -0.388 e. The van der Waals surface area contributed by atoms with Crippen LogP contribution in [0, 0.1) is 6.92 Å². The summed E-state index contributed by atoms with van der Waals surface area (Å²) in [6.45, 7) is 4.42. The van der Waals surface area contributed by atoms with Crippen LogP contribution in [0.1, 0.15) is 37.6 Å². The first-order valence-electron chi connectivity index (χ1n) is 6.38. The van der Waals surface area contributed by atoms with Crippen LogP contribution in [0.3, 0.4) is 0 Å². The predicted molar refractivity (Wildman–Crippen MR) is 71.2 cm³/mol. The molecule has 0 aromatic carbocycles. The average molecular weight is 251 g/mol. The van der Waals surface area contributed by atoms with Crippen LogP contribution in [0.15, 0.2) is 0 Å². The summed E-state index contributed by atoms with van der Waals surface area (Å²) in [5.74, 6) is 7.55. The molecule has 0 spiro atoms. The highest BCUT2D eigenvalue weighted by Gasteiger charge is 2.34. The van der Waals surface area contributed by atoms with E-state index >= 15 is 0 Å².